The van der Waals surface area contributed by atoms with E-state index in [9.17, 15) is 4.79 Å². The van der Waals surface area contributed by atoms with E-state index >= 15 is 0 Å². The third-order valence-electron chi connectivity index (χ3n) is 2.79. The van der Waals surface area contributed by atoms with Gasteiger partial charge in [-0.1, -0.05) is 29.4 Å². The third kappa shape index (κ3) is 4.10. The maximum Gasteiger partial charge on any atom is 0.223 e. The van der Waals surface area contributed by atoms with Gasteiger partial charge in [0, 0.05) is 23.1 Å². The van der Waals surface area contributed by atoms with Crippen LogP contribution >= 0.6 is 34.7 Å². The first-order chi connectivity index (χ1) is 11.1. The molecule has 0 unspecified atom stereocenters. The van der Waals surface area contributed by atoms with Crippen molar-refractivity contribution in [2.75, 3.05) is 5.32 Å². The summed E-state index contributed by atoms with van der Waals surface area (Å²) in [6.07, 6.45) is 1.65. The number of halogens is 1. The monoisotopic (exact) mass is 365 g/mol. The number of carbonyl (C=O) groups excluding carboxylic acids is 1. The fraction of sp³-hybridized carbons (Fsp3) is 0.143. The van der Waals surface area contributed by atoms with Crippen LogP contribution < -0.4 is 5.32 Å². The molecule has 1 N–H and O–H groups in total. The van der Waals surface area contributed by atoms with E-state index in [1.54, 1.807) is 6.33 Å². The second kappa shape index (κ2) is 7.12. The van der Waals surface area contributed by atoms with Gasteiger partial charge in [-0.2, -0.15) is 0 Å². The number of aromatic nitrogens is 4. The molecule has 23 heavy (non-hydrogen) atoms. The highest BCUT2D eigenvalue weighted by Gasteiger charge is 2.10. The van der Waals surface area contributed by atoms with Crippen molar-refractivity contribution in [3.05, 3.63) is 46.7 Å². The van der Waals surface area contributed by atoms with E-state index < -0.39 is 0 Å². The molecule has 2 aromatic heterocycles. The summed E-state index contributed by atoms with van der Waals surface area (Å²) in [5.41, 5.74) is 1.78. The molecule has 6 nitrogen and oxygen atoms in total. The first-order valence-electron chi connectivity index (χ1n) is 6.62. The number of thioether (sulfide) groups is 1. The Hall–Kier alpha value is -1.90. The fourth-order valence-electron chi connectivity index (χ4n) is 1.85. The summed E-state index contributed by atoms with van der Waals surface area (Å²) in [5.74, 6) is 0.509. The normalized spacial score (nSPS) is 10.7. The summed E-state index contributed by atoms with van der Waals surface area (Å²) in [5, 5.41) is 14.7. The minimum Gasteiger partial charge on any atom is -0.302 e. The van der Waals surface area contributed by atoms with Gasteiger partial charge in [-0.3, -0.25) is 9.36 Å². The van der Waals surface area contributed by atoms with Gasteiger partial charge >= 0.3 is 0 Å². The molecule has 0 bridgehead atoms. The number of rotatable bonds is 5. The Morgan fingerprint density at radius 1 is 1.48 bits per heavy atom. The zero-order valence-corrected chi connectivity index (χ0v) is 14.5. The number of benzene rings is 1. The Balaban J connectivity index is 1.71. The van der Waals surface area contributed by atoms with Crippen LogP contribution in [0.25, 0.3) is 5.69 Å². The minimum absolute atomic E-state index is 0.126. The van der Waals surface area contributed by atoms with Gasteiger partial charge in [0.1, 0.15) is 6.33 Å². The highest BCUT2D eigenvalue weighted by atomic mass is 35.5. The molecule has 0 spiro atoms. The second-order valence-corrected chi connectivity index (χ2v) is 6.81. The van der Waals surface area contributed by atoms with E-state index in [4.69, 9.17) is 11.6 Å². The fourth-order valence-corrected chi connectivity index (χ4v) is 3.71. The van der Waals surface area contributed by atoms with Crippen LogP contribution in [0, 0.1) is 0 Å². The van der Waals surface area contributed by atoms with Crippen LogP contribution in [-0.4, -0.2) is 25.7 Å². The quantitative estimate of drug-likeness (QED) is 0.699. The maximum absolute atomic E-state index is 11.0. The van der Waals surface area contributed by atoms with Crippen LogP contribution in [0.2, 0.25) is 5.02 Å². The van der Waals surface area contributed by atoms with Crippen molar-refractivity contribution in [1.82, 2.24) is 19.7 Å². The zero-order chi connectivity index (χ0) is 16.2. The molecular formula is C14H12ClN5OS2. The molecule has 118 valence electrons. The predicted molar refractivity (Wildman–Crippen MR) is 92.3 cm³/mol. The Labute approximate surface area is 145 Å². The van der Waals surface area contributed by atoms with Crippen LogP contribution in [0.1, 0.15) is 12.6 Å². The first kappa shape index (κ1) is 16.0. The lowest BCUT2D eigenvalue weighted by Crippen LogP contribution is -2.05. The number of nitrogens with zero attached hydrogens (tertiary/aromatic N) is 4. The van der Waals surface area contributed by atoms with Crippen molar-refractivity contribution in [3.63, 3.8) is 0 Å². The molecule has 2 heterocycles. The summed E-state index contributed by atoms with van der Waals surface area (Å²) < 4.78 is 1.87. The molecule has 0 radical (unpaired) electrons. The topological polar surface area (TPSA) is 72.7 Å². The molecule has 0 saturated carbocycles. The Bertz CT molecular complexity index is 832. The van der Waals surface area contributed by atoms with Gasteiger partial charge in [0.15, 0.2) is 10.3 Å². The van der Waals surface area contributed by atoms with Gasteiger partial charge in [0.05, 0.1) is 11.4 Å². The van der Waals surface area contributed by atoms with Crippen molar-refractivity contribution in [2.24, 2.45) is 0 Å². The number of thiazole rings is 1. The van der Waals surface area contributed by atoms with Gasteiger partial charge in [0.25, 0.3) is 0 Å². The van der Waals surface area contributed by atoms with Crippen LogP contribution in [0.15, 0.2) is 41.1 Å². The van der Waals surface area contributed by atoms with Crippen molar-refractivity contribution < 1.29 is 4.79 Å². The average molecular weight is 366 g/mol. The Kier molecular flexibility index (Phi) is 4.94. The number of nitrogens with one attached hydrogen (secondary N) is 1. The highest BCUT2D eigenvalue weighted by Crippen LogP contribution is 2.26. The molecule has 0 saturated heterocycles. The molecule has 1 amide bonds. The summed E-state index contributed by atoms with van der Waals surface area (Å²) in [6, 6.07) is 7.50. The van der Waals surface area contributed by atoms with E-state index in [1.165, 1.54) is 30.0 Å². The van der Waals surface area contributed by atoms with Gasteiger partial charge in [-0.25, -0.2) is 4.98 Å². The van der Waals surface area contributed by atoms with E-state index in [1.807, 2.05) is 34.2 Å². The van der Waals surface area contributed by atoms with E-state index in [-0.39, 0.29) is 5.91 Å². The lowest BCUT2D eigenvalue weighted by molar-refractivity contribution is -0.114. The molecule has 0 aliphatic carbocycles. The van der Waals surface area contributed by atoms with Gasteiger partial charge in [-0.15, -0.1) is 21.5 Å². The number of hydrogen-bond donors (Lipinski definition) is 1. The molecule has 1 aromatic carbocycles. The van der Waals surface area contributed by atoms with Crippen molar-refractivity contribution in [3.8, 4) is 5.69 Å². The summed E-state index contributed by atoms with van der Waals surface area (Å²) in [6.45, 7) is 1.46. The second-order valence-electron chi connectivity index (χ2n) is 4.58. The van der Waals surface area contributed by atoms with E-state index in [2.05, 4.69) is 20.5 Å². The predicted octanol–water partition coefficient (Wildman–Crippen LogP) is 3.63. The van der Waals surface area contributed by atoms with Crippen LogP contribution in [0.5, 0.6) is 0 Å². The van der Waals surface area contributed by atoms with E-state index in [0.717, 1.165) is 16.5 Å². The largest absolute Gasteiger partial charge is 0.302 e. The molecule has 9 heteroatoms. The minimum atomic E-state index is -0.126. The highest BCUT2D eigenvalue weighted by molar-refractivity contribution is 7.98. The van der Waals surface area contributed by atoms with Crippen molar-refractivity contribution >= 4 is 45.7 Å². The molecule has 0 aliphatic heterocycles. The van der Waals surface area contributed by atoms with Crippen molar-refractivity contribution in [2.45, 2.75) is 17.8 Å². The number of anilines is 1. The van der Waals surface area contributed by atoms with Gasteiger partial charge in [0.2, 0.25) is 5.91 Å². The van der Waals surface area contributed by atoms with Gasteiger partial charge < -0.3 is 5.32 Å². The Morgan fingerprint density at radius 3 is 3.13 bits per heavy atom. The van der Waals surface area contributed by atoms with Crippen LogP contribution in [0.4, 0.5) is 5.13 Å². The number of hydrogen-bond acceptors (Lipinski definition) is 6. The third-order valence-corrected chi connectivity index (χ3v) is 4.80. The van der Waals surface area contributed by atoms with Crippen LogP contribution in [-0.2, 0) is 10.5 Å². The SMILES string of the molecule is CC(=O)Nc1nc(CSc2nncn2-c2cccc(Cl)c2)cs1. The summed E-state index contributed by atoms with van der Waals surface area (Å²) >= 11 is 8.95. The standard InChI is InChI=1S/C14H12ClN5OS2/c1-9(21)17-13-18-11(6-22-13)7-23-14-19-16-8-20(14)12-4-2-3-10(15)5-12/h2-6,8H,7H2,1H3,(H,17,18,21). The molecule has 0 aliphatic rings. The average Bonchev–Trinajstić information content (AvgIpc) is 3.13. The first-order valence-corrected chi connectivity index (χ1v) is 8.87. The Morgan fingerprint density at radius 2 is 2.35 bits per heavy atom. The zero-order valence-electron chi connectivity index (χ0n) is 12.1. The smallest absolute Gasteiger partial charge is 0.223 e. The lowest BCUT2D eigenvalue weighted by Gasteiger charge is -2.05. The van der Waals surface area contributed by atoms with Gasteiger partial charge in [-0.05, 0) is 18.2 Å². The maximum atomic E-state index is 11.0. The summed E-state index contributed by atoms with van der Waals surface area (Å²) in [4.78, 5) is 15.4. The lowest BCUT2D eigenvalue weighted by atomic mass is 10.3. The number of amides is 1. The summed E-state index contributed by atoms with van der Waals surface area (Å²) in [7, 11) is 0. The molecule has 0 atom stereocenters. The molecule has 3 aromatic rings. The van der Waals surface area contributed by atoms with Crippen LogP contribution in [0.3, 0.4) is 0 Å². The van der Waals surface area contributed by atoms with Crippen molar-refractivity contribution in [1.29, 1.82) is 0 Å². The van der Waals surface area contributed by atoms with E-state index in [0.29, 0.717) is 15.9 Å². The number of carbonyl (C=O) groups is 1. The molecule has 3 rings (SSSR count). The molecule has 0 fully saturated rings. The molecular weight excluding hydrogens is 354 g/mol.